The monoisotopic (exact) mass is 382 g/mol. The van der Waals surface area contributed by atoms with E-state index in [0.29, 0.717) is 29.5 Å². The Bertz CT molecular complexity index is 1040. The Morgan fingerprint density at radius 1 is 1.00 bits per heavy atom. The molecule has 0 spiro atoms. The van der Waals surface area contributed by atoms with Crippen LogP contribution in [0.25, 0.3) is 5.57 Å². The third-order valence-corrected chi connectivity index (χ3v) is 5.46. The summed E-state index contributed by atoms with van der Waals surface area (Å²) in [6.07, 6.45) is 3.61. The summed E-state index contributed by atoms with van der Waals surface area (Å²) in [5, 5.41) is 0. The van der Waals surface area contributed by atoms with Crippen LogP contribution in [0.5, 0.6) is 11.5 Å². The van der Waals surface area contributed by atoms with Crippen molar-refractivity contribution in [1.82, 2.24) is 4.90 Å². The van der Waals surface area contributed by atoms with Gasteiger partial charge in [0.25, 0.3) is 10.0 Å². The van der Waals surface area contributed by atoms with Gasteiger partial charge in [0.05, 0.1) is 18.4 Å². The van der Waals surface area contributed by atoms with E-state index in [1.54, 1.807) is 13.3 Å². The van der Waals surface area contributed by atoms with Gasteiger partial charge in [0.15, 0.2) is 5.84 Å². The summed E-state index contributed by atoms with van der Waals surface area (Å²) in [5.41, 5.74) is 1.45. The lowest BCUT2D eigenvalue weighted by atomic mass is 10.0. The maximum Gasteiger partial charge on any atom is 0.256 e. The first-order chi connectivity index (χ1) is 13.1. The van der Waals surface area contributed by atoms with Crippen molar-refractivity contribution in [2.45, 2.75) is 0 Å². The number of benzene rings is 2. The standard InChI is InChI=1S/C20H18N2O4S/c1-25-18-11-12-22-13-14-27(23,24)21-20(22)19(18)15-7-9-17(10-8-15)26-16-5-3-2-4-6-16/h2-12H,13-14H2,1H3. The molecular formula is C20H18N2O4S. The minimum atomic E-state index is -3.48. The van der Waals surface area contributed by atoms with Crippen molar-refractivity contribution in [3.05, 3.63) is 78.2 Å². The van der Waals surface area contributed by atoms with E-state index in [0.717, 1.165) is 11.3 Å². The molecule has 4 rings (SSSR count). The molecule has 2 aliphatic rings. The molecule has 2 heterocycles. The zero-order valence-corrected chi connectivity index (χ0v) is 15.5. The van der Waals surface area contributed by atoms with Crippen LogP contribution in [0, 0.1) is 0 Å². The fraction of sp³-hybridized carbons (Fsp3) is 0.150. The molecule has 0 N–H and O–H groups in total. The Labute approximate surface area is 158 Å². The van der Waals surface area contributed by atoms with Gasteiger partial charge in [-0.3, -0.25) is 0 Å². The first-order valence-corrected chi connectivity index (χ1v) is 10.1. The van der Waals surface area contributed by atoms with Gasteiger partial charge in [0.2, 0.25) is 0 Å². The number of nitrogens with zero attached hydrogens (tertiary/aromatic N) is 2. The third-order valence-electron chi connectivity index (χ3n) is 4.31. The molecular weight excluding hydrogens is 364 g/mol. The quantitative estimate of drug-likeness (QED) is 0.811. The fourth-order valence-electron chi connectivity index (χ4n) is 2.99. The van der Waals surface area contributed by atoms with Gasteiger partial charge in [-0.2, -0.15) is 0 Å². The number of amidine groups is 1. The van der Waals surface area contributed by atoms with E-state index in [9.17, 15) is 8.42 Å². The molecule has 0 saturated heterocycles. The summed E-state index contributed by atoms with van der Waals surface area (Å²) < 4.78 is 39.3. The van der Waals surface area contributed by atoms with Crippen LogP contribution in [0.4, 0.5) is 0 Å². The molecule has 2 aromatic rings. The summed E-state index contributed by atoms with van der Waals surface area (Å²) in [5.74, 6) is 2.39. The topological polar surface area (TPSA) is 68.2 Å². The van der Waals surface area contributed by atoms with Crippen molar-refractivity contribution in [1.29, 1.82) is 0 Å². The van der Waals surface area contributed by atoms with Crippen LogP contribution < -0.4 is 4.74 Å². The maximum absolute atomic E-state index is 12.0. The van der Waals surface area contributed by atoms with E-state index in [2.05, 4.69) is 4.40 Å². The van der Waals surface area contributed by atoms with Gasteiger partial charge in [-0.25, -0.2) is 8.42 Å². The molecule has 0 amide bonds. The summed E-state index contributed by atoms with van der Waals surface area (Å²) >= 11 is 0. The molecule has 6 nitrogen and oxygen atoms in total. The SMILES string of the molecule is COC1=C(c2ccc(Oc3ccccc3)cc2)C2=NS(=O)(=O)CCN2C=C1. The predicted octanol–water partition coefficient (Wildman–Crippen LogP) is 3.41. The van der Waals surface area contributed by atoms with Crippen LogP contribution in [-0.4, -0.2) is 38.6 Å². The van der Waals surface area contributed by atoms with E-state index in [-0.39, 0.29) is 5.75 Å². The van der Waals surface area contributed by atoms with E-state index < -0.39 is 10.0 Å². The number of hydrogen-bond donors (Lipinski definition) is 0. The summed E-state index contributed by atoms with van der Waals surface area (Å²) in [6.45, 7) is 0.368. The van der Waals surface area contributed by atoms with E-state index in [1.165, 1.54) is 0 Å². The van der Waals surface area contributed by atoms with Crippen molar-refractivity contribution >= 4 is 21.4 Å². The zero-order chi connectivity index (χ0) is 18.9. The van der Waals surface area contributed by atoms with Gasteiger partial charge in [-0.05, 0) is 35.9 Å². The van der Waals surface area contributed by atoms with Crippen molar-refractivity contribution < 1.29 is 17.9 Å². The van der Waals surface area contributed by atoms with E-state index in [4.69, 9.17) is 9.47 Å². The molecule has 0 aliphatic carbocycles. The van der Waals surface area contributed by atoms with Crippen molar-refractivity contribution in [2.75, 3.05) is 19.4 Å². The van der Waals surface area contributed by atoms with Gasteiger partial charge < -0.3 is 14.4 Å². The Morgan fingerprint density at radius 3 is 2.41 bits per heavy atom. The molecule has 0 bridgehead atoms. The maximum atomic E-state index is 12.0. The Kier molecular flexibility index (Phi) is 4.45. The highest BCUT2D eigenvalue weighted by Crippen LogP contribution is 2.31. The minimum Gasteiger partial charge on any atom is -0.496 e. The van der Waals surface area contributed by atoms with Gasteiger partial charge in [-0.1, -0.05) is 30.3 Å². The highest BCUT2D eigenvalue weighted by molar-refractivity contribution is 7.90. The number of allylic oxidation sites excluding steroid dienone is 1. The average molecular weight is 382 g/mol. The fourth-order valence-corrected chi connectivity index (χ4v) is 3.97. The van der Waals surface area contributed by atoms with Crippen molar-refractivity contribution in [2.24, 2.45) is 4.40 Å². The van der Waals surface area contributed by atoms with E-state index >= 15 is 0 Å². The molecule has 0 unspecified atom stereocenters. The van der Waals surface area contributed by atoms with Crippen LogP contribution in [0.15, 0.2) is 77.0 Å². The lowest BCUT2D eigenvalue weighted by Crippen LogP contribution is -2.38. The smallest absolute Gasteiger partial charge is 0.256 e. The molecule has 0 radical (unpaired) electrons. The molecule has 0 fully saturated rings. The predicted molar refractivity (Wildman–Crippen MR) is 104 cm³/mol. The minimum absolute atomic E-state index is 0.000287. The van der Waals surface area contributed by atoms with Crippen molar-refractivity contribution in [3.63, 3.8) is 0 Å². The Balaban J connectivity index is 1.70. The first-order valence-electron chi connectivity index (χ1n) is 8.45. The molecule has 7 heteroatoms. The van der Waals surface area contributed by atoms with Gasteiger partial charge >= 0.3 is 0 Å². The van der Waals surface area contributed by atoms with E-state index in [1.807, 2.05) is 65.6 Å². The van der Waals surface area contributed by atoms with Crippen molar-refractivity contribution in [3.8, 4) is 11.5 Å². The first kappa shape index (κ1) is 17.4. The molecule has 2 aliphatic heterocycles. The second-order valence-corrected chi connectivity index (χ2v) is 7.85. The number of fused-ring (bicyclic) bond motifs is 1. The van der Waals surface area contributed by atoms with Crippen LogP contribution in [0.1, 0.15) is 5.56 Å². The lowest BCUT2D eigenvalue weighted by molar-refractivity contribution is 0.307. The Hall–Kier alpha value is -3.06. The normalized spacial score (nSPS) is 18.0. The second kappa shape index (κ2) is 6.92. The number of rotatable bonds is 4. The zero-order valence-electron chi connectivity index (χ0n) is 14.7. The Morgan fingerprint density at radius 2 is 1.70 bits per heavy atom. The third kappa shape index (κ3) is 3.59. The molecule has 0 saturated carbocycles. The van der Waals surface area contributed by atoms with Crippen LogP contribution in [0.2, 0.25) is 0 Å². The molecule has 138 valence electrons. The molecule has 0 atom stereocenters. The average Bonchev–Trinajstić information content (AvgIpc) is 2.68. The molecule has 0 aromatic heterocycles. The summed E-state index contributed by atoms with van der Waals surface area (Å²) in [6, 6.07) is 16.9. The summed E-state index contributed by atoms with van der Waals surface area (Å²) in [4.78, 5) is 1.83. The van der Waals surface area contributed by atoms with Crippen LogP contribution >= 0.6 is 0 Å². The second-order valence-electron chi connectivity index (χ2n) is 6.09. The summed E-state index contributed by atoms with van der Waals surface area (Å²) in [7, 11) is -1.92. The molecule has 2 aromatic carbocycles. The molecule has 27 heavy (non-hydrogen) atoms. The number of hydrogen-bond acceptors (Lipinski definition) is 5. The largest absolute Gasteiger partial charge is 0.496 e. The van der Waals surface area contributed by atoms with Gasteiger partial charge in [-0.15, -0.1) is 4.40 Å². The number of sulfonamides is 1. The number of ether oxygens (including phenoxy) is 2. The lowest BCUT2D eigenvalue weighted by Gasteiger charge is -2.31. The number of methoxy groups -OCH3 is 1. The van der Waals surface area contributed by atoms with Crippen LogP contribution in [0.3, 0.4) is 0 Å². The highest BCUT2D eigenvalue weighted by atomic mass is 32.2. The van der Waals surface area contributed by atoms with Crippen LogP contribution in [-0.2, 0) is 14.8 Å². The highest BCUT2D eigenvalue weighted by Gasteiger charge is 2.30. The van der Waals surface area contributed by atoms with Gasteiger partial charge in [0.1, 0.15) is 17.3 Å². The van der Waals surface area contributed by atoms with Gasteiger partial charge in [0, 0.05) is 12.7 Å². The number of para-hydroxylation sites is 1.